The van der Waals surface area contributed by atoms with Gasteiger partial charge in [-0.05, 0) is 31.7 Å². The van der Waals surface area contributed by atoms with E-state index in [-0.39, 0.29) is 18.4 Å². The molecule has 94 valence electrons. The highest BCUT2D eigenvalue weighted by atomic mass is 79.9. The summed E-state index contributed by atoms with van der Waals surface area (Å²) in [5, 5.41) is 9.46. The second-order valence-electron chi connectivity index (χ2n) is 4.19. The number of halogens is 1. The van der Waals surface area contributed by atoms with Gasteiger partial charge in [0.1, 0.15) is 5.78 Å². The monoisotopic (exact) mass is 299 g/mol. The Hall–Kier alpha value is -0.710. The van der Waals surface area contributed by atoms with Crippen LogP contribution in [0.3, 0.4) is 0 Å². The first-order valence-electron chi connectivity index (χ1n) is 5.60. The minimum absolute atomic E-state index is 0.0465. The molecule has 3 nitrogen and oxygen atoms in total. The number of aliphatic hydroxyl groups excluding tert-OH is 1. The first kappa shape index (κ1) is 14.4. The van der Waals surface area contributed by atoms with Gasteiger partial charge >= 0.3 is 0 Å². The maximum Gasteiger partial charge on any atom is 0.131 e. The molecular formula is C13H18BrNO2. The SMILES string of the molecule is CC(=O)CCN(C)C(CO)c1cccc(Br)c1. The number of nitrogens with zero attached hydrogens (tertiary/aromatic N) is 1. The summed E-state index contributed by atoms with van der Waals surface area (Å²) in [6.45, 7) is 2.29. The quantitative estimate of drug-likeness (QED) is 0.877. The van der Waals surface area contributed by atoms with Gasteiger partial charge in [0, 0.05) is 17.4 Å². The van der Waals surface area contributed by atoms with E-state index < -0.39 is 0 Å². The van der Waals surface area contributed by atoms with Gasteiger partial charge in [-0.3, -0.25) is 9.69 Å². The summed E-state index contributed by atoms with van der Waals surface area (Å²) in [6.07, 6.45) is 0.515. The number of aliphatic hydroxyl groups is 1. The molecule has 0 aromatic heterocycles. The molecule has 1 aromatic rings. The molecule has 1 unspecified atom stereocenters. The summed E-state index contributed by atoms with van der Waals surface area (Å²) < 4.78 is 0.994. The standard InChI is InChI=1S/C13H18BrNO2/c1-10(17)6-7-15(2)13(9-16)11-4-3-5-12(14)8-11/h3-5,8,13,16H,6-7,9H2,1-2H3. The van der Waals surface area contributed by atoms with Gasteiger partial charge in [0.15, 0.2) is 0 Å². The molecule has 0 heterocycles. The summed E-state index contributed by atoms with van der Waals surface area (Å²) >= 11 is 3.42. The van der Waals surface area contributed by atoms with Crippen LogP contribution in [0.15, 0.2) is 28.7 Å². The maximum absolute atomic E-state index is 11.0. The average molecular weight is 300 g/mol. The molecule has 0 aliphatic carbocycles. The lowest BCUT2D eigenvalue weighted by atomic mass is 10.1. The smallest absolute Gasteiger partial charge is 0.131 e. The zero-order valence-corrected chi connectivity index (χ0v) is 11.8. The van der Waals surface area contributed by atoms with Gasteiger partial charge in [-0.25, -0.2) is 0 Å². The third-order valence-corrected chi connectivity index (χ3v) is 3.25. The van der Waals surface area contributed by atoms with Crippen LogP contribution in [0.5, 0.6) is 0 Å². The van der Waals surface area contributed by atoms with Crippen molar-refractivity contribution < 1.29 is 9.90 Å². The number of hydrogen-bond acceptors (Lipinski definition) is 3. The maximum atomic E-state index is 11.0. The van der Waals surface area contributed by atoms with E-state index in [1.54, 1.807) is 6.92 Å². The molecule has 0 spiro atoms. The van der Waals surface area contributed by atoms with Gasteiger partial charge in [0.2, 0.25) is 0 Å². The predicted octanol–water partition coefficient (Wildman–Crippen LogP) is 2.39. The molecule has 0 aliphatic heterocycles. The lowest BCUT2D eigenvalue weighted by Crippen LogP contribution is -2.29. The molecule has 1 rings (SSSR count). The zero-order chi connectivity index (χ0) is 12.8. The third-order valence-electron chi connectivity index (χ3n) is 2.76. The van der Waals surface area contributed by atoms with Crippen molar-refractivity contribution in [1.29, 1.82) is 0 Å². The van der Waals surface area contributed by atoms with E-state index in [4.69, 9.17) is 0 Å². The van der Waals surface area contributed by atoms with Crippen molar-refractivity contribution in [2.24, 2.45) is 0 Å². The highest BCUT2D eigenvalue weighted by Gasteiger charge is 2.16. The van der Waals surface area contributed by atoms with E-state index in [1.165, 1.54) is 0 Å². The van der Waals surface area contributed by atoms with Crippen LogP contribution in [0, 0.1) is 0 Å². The number of carbonyl (C=O) groups excluding carboxylic acids is 1. The number of carbonyl (C=O) groups is 1. The van der Waals surface area contributed by atoms with Gasteiger partial charge in [-0.1, -0.05) is 28.1 Å². The van der Waals surface area contributed by atoms with Crippen molar-refractivity contribution in [3.05, 3.63) is 34.3 Å². The summed E-state index contributed by atoms with van der Waals surface area (Å²) in [5.41, 5.74) is 1.05. The molecule has 0 saturated carbocycles. The fourth-order valence-corrected chi connectivity index (χ4v) is 2.12. The first-order valence-corrected chi connectivity index (χ1v) is 6.40. The topological polar surface area (TPSA) is 40.5 Å². The fourth-order valence-electron chi connectivity index (χ4n) is 1.70. The Morgan fingerprint density at radius 1 is 1.53 bits per heavy atom. The van der Waals surface area contributed by atoms with Crippen molar-refractivity contribution in [2.75, 3.05) is 20.2 Å². The van der Waals surface area contributed by atoms with E-state index in [9.17, 15) is 9.90 Å². The van der Waals surface area contributed by atoms with Gasteiger partial charge in [0.25, 0.3) is 0 Å². The fraction of sp³-hybridized carbons (Fsp3) is 0.462. The Bertz CT molecular complexity index is 381. The van der Waals surface area contributed by atoms with E-state index >= 15 is 0 Å². The molecule has 4 heteroatoms. The molecule has 1 N–H and O–H groups in total. The van der Waals surface area contributed by atoms with E-state index in [0.29, 0.717) is 13.0 Å². The van der Waals surface area contributed by atoms with Crippen LogP contribution in [0.4, 0.5) is 0 Å². The van der Waals surface area contributed by atoms with Crippen molar-refractivity contribution in [3.63, 3.8) is 0 Å². The normalized spacial score (nSPS) is 12.8. The van der Waals surface area contributed by atoms with Gasteiger partial charge in [-0.2, -0.15) is 0 Å². The summed E-state index contributed by atoms with van der Waals surface area (Å²) in [4.78, 5) is 13.0. The Morgan fingerprint density at radius 2 is 2.24 bits per heavy atom. The largest absolute Gasteiger partial charge is 0.394 e. The van der Waals surface area contributed by atoms with E-state index in [2.05, 4.69) is 15.9 Å². The van der Waals surface area contributed by atoms with Crippen molar-refractivity contribution >= 4 is 21.7 Å². The van der Waals surface area contributed by atoms with Crippen LogP contribution in [0.25, 0.3) is 0 Å². The average Bonchev–Trinajstić information content (AvgIpc) is 2.27. The second-order valence-corrected chi connectivity index (χ2v) is 5.10. The first-order chi connectivity index (χ1) is 8.04. The highest BCUT2D eigenvalue weighted by Crippen LogP contribution is 2.22. The third kappa shape index (κ3) is 4.58. The molecule has 0 radical (unpaired) electrons. The van der Waals surface area contributed by atoms with E-state index in [1.807, 2.05) is 36.2 Å². The predicted molar refractivity (Wildman–Crippen MR) is 71.9 cm³/mol. The summed E-state index contributed by atoms with van der Waals surface area (Å²) in [7, 11) is 1.92. The Labute approximate surface area is 111 Å². The van der Waals surface area contributed by atoms with E-state index in [0.717, 1.165) is 10.0 Å². The number of ketones is 1. The van der Waals surface area contributed by atoms with Crippen LogP contribution < -0.4 is 0 Å². The van der Waals surface area contributed by atoms with Crippen molar-refractivity contribution in [3.8, 4) is 0 Å². The molecular weight excluding hydrogens is 282 g/mol. The minimum atomic E-state index is -0.0631. The molecule has 1 aromatic carbocycles. The molecule has 1 atom stereocenters. The van der Waals surface area contributed by atoms with Crippen LogP contribution in [-0.4, -0.2) is 36.0 Å². The zero-order valence-electron chi connectivity index (χ0n) is 10.2. The molecule has 0 amide bonds. The number of likely N-dealkylation sites (N-methyl/N-ethyl adjacent to an activating group) is 1. The molecule has 17 heavy (non-hydrogen) atoms. The van der Waals surface area contributed by atoms with Gasteiger partial charge in [0.05, 0.1) is 12.6 Å². The Balaban J connectivity index is 2.73. The van der Waals surface area contributed by atoms with Gasteiger partial charge < -0.3 is 5.11 Å². The van der Waals surface area contributed by atoms with Crippen LogP contribution in [-0.2, 0) is 4.79 Å². The lowest BCUT2D eigenvalue weighted by Gasteiger charge is -2.26. The van der Waals surface area contributed by atoms with Crippen LogP contribution in [0.1, 0.15) is 24.9 Å². The summed E-state index contributed by atoms with van der Waals surface area (Å²) in [6, 6.07) is 7.81. The Kier molecular flexibility index (Phi) is 5.82. The molecule has 0 fully saturated rings. The summed E-state index contributed by atoms with van der Waals surface area (Å²) in [5.74, 6) is 0.169. The Morgan fingerprint density at radius 3 is 2.76 bits per heavy atom. The minimum Gasteiger partial charge on any atom is -0.394 e. The molecule has 0 saturated heterocycles. The number of rotatable bonds is 6. The van der Waals surface area contributed by atoms with Gasteiger partial charge in [-0.15, -0.1) is 0 Å². The number of Topliss-reactive ketones (excluding diaryl/α,β-unsaturated/α-hetero) is 1. The van der Waals surface area contributed by atoms with Crippen LogP contribution in [0.2, 0.25) is 0 Å². The lowest BCUT2D eigenvalue weighted by molar-refractivity contribution is -0.117. The van der Waals surface area contributed by atoms with Crippen molar-refractivity contribution in [2.45, 2.75) is 19.4 Å². The molecule has 0 aliphatic rings. The number of hydrogen-bond donors (Lipinski definition) is 1. The molecule has 0 bridgehead atoms. The second kappa shape index (κ2) is 6.89. The van der Waals surface area contributed by atoms with Crippen LogP contribution >= 0.6 is 15.9 Å². The highest BCUT2D eigenvalue weighted by molar-refractivity contribution is 9.10. The van der Waals surface area contributed by atoms with Crippen molar-refractivity contribution in [1.82, 2.24) is 4.90 Å². The number of benzene rings is 1.